The Morgan fingerprint density at radius 3 is 2.78 bits per heavy atom. The predicted octanol–water partition coefficient (Wildman–Crippen LogP) is 1.73. The minimum Gasteiger partial charge on any atom is -0.435 e. The van der Waals surface area contributed by atoms with Gasteiger partial charge in [0.05, 0.1) is 5.69 Å². The van der Waals surface area contributed by atoms with Gasteiger partial charge in [-0.3, -0.25) is 4.68 Å². The van der Waals surface area contributed by atoms with E-state index in [9.17, 15) is 0 Å². The first-order valence-electron chi connectivity index (χ1n) is 5.95. The Morgan fingerprint density at radius 1 is 1.39 bits per heavy atom. The Bertz CT molecular complexity index is 548. The van der Waals surface area contributed by atoms with Gasteiger partial charge in [-0.05, 0) is 32.9 Å². The third-order valence-corrected chi connectivity index (χ3v) is 2.91. The monoisotopic (exact) mass is 246 g/mol. The quantitative estimate of drug-likeness (QED) is 0.892. The minimum absolute atomic E-state index is 0.576. The van der Waals surface area contributed by atoms with Gasteiger partial charge < -0.3 is 10.5 Å². The van der Waals surface area contributed by atoms with Crippen LogP contribution in [0.1, 0.15) is 17.0 Å². The highest BCUT2D eigenvalue weighted by Crippen LogP contribution is 2.28. The largest absolute Gasteiger partial charge is 0.435 e. The molecule has 0 fully saturated rings. The first-order valence-corrected chi connectivity index (χ1v) is 5.95. The van der Waals surface area contributed by atoms with Crippen molar-refractivity contribution in [3.05, 3.63) is 35.3 Å². The van der Waals surface area contributed by atoms with Crippen molar-refractivity contribution in [2.45, 2.75) is 20.3 Å². The van der Waals surface area contributed by atoms with Crippen molar-refractivity contribution in [3.63, 3.8) is 0 Å². The van der Waals surface area contributed by atoms with E-state index in [0.29, 0.717) is 12.4 Å². The van der Waals surface area contributed by atoms with Crippen LogP contribution in [0.15, 0.2) is 18.3 Å². The summed E-state index contributed by atoms with van der Waals surface area (Å²) in [6.07, 6.45) is 2.47. The number of aryl methyl sites for hydroxylation is 2. The lowest BCUT2D eigenvalue weighted by Crippen LogP contribution is -2.05. The first kappa shape index (κ1) is 12.6. The molecule has 2 N–H and O–H groups in total. The lowest BCUT2D eigenvalue weighted by atomic mass is 10.2. The van der Waals surface area contributed by atoms with Crippen molar-refractivity contribution in [1.29, 1.82) is 0 Å². The standard InChI is InChI=1S/C13H18N4O/c1-9-12(10(2)17(3)16-9)18-13-11(6-7-14)5-4-8-15-13/h4-5,8H,6-7,14H2,1-3H3. The van der Waals surface area contributed by atoms with Crippen molar-refractivity contribution in [3.8, 4) is 11.6 Å². The molecule has 2 aromatic heterocycles. The number of hydrogen-bond donors (Lipinski definition) is 1. The molecule has 0 spiro atoms. The zero-order valence-corrected chi connectivity index (χ0v) is 11.0. The molecule has 2 rings (SSSR count). The maximum absolute atomic E-state index is 5.89. The summed E-state index contributed by atoms with van der Waals surface area (Å²) in [6.45, 7) is 4.47. The molecule has 0 aliphatic carbocycles. The van der Waals surface area contributed by atoms with Crippen LogP contribution >= 0.6 is 0 Å². The Hall–Kier alpha value is -1.88. The summed E-state index contributed by atoms with van der Waals surface area (Å²) in [6, 6.07) is 3.87. The SMILES string of the molecule is Cc1nn(C)c(C)c1Oc1ncccc1CCN. The van der Waals surface area contributed by atoms with E-state index < -0.39 is 0 Å². The summed E-state index contributed by atoms with van der Waals surface area (Å²) >= 11 is 0. The van der Waals surface area contributed by atoms with E-state index in [1.165, 1.54) is 0 Å². The van der Waals surface area contributed by atoms with Crippen LogP contribution in [0, 0.1) is 13.8 Å². The number of aromatic nitrogens is 3. The fourth-order valence-electron chi connectivity index (χ4n) is 1.86. The van der Waals surface area contributed by atoms with Crippen LogP contribution in [0.4, 0.5) is 0 Å². The van der Waals surface area contributed by atoms with Gasteiger partial charge in [0, 0.05) is 18.8 Å². The van der Waals surface area contributed by atoms with Crippen molar-refractivity contribution < 1.29 is 4.74 Å². The number of nitrogens with zero attached hydrogens (tertiary/aromatic N) is 3. The lowest BCUT2D eigenvalue weighted by Gasteiger charge is -2.09. The molecule has 0 amide bonds. The molecular weight excluding hydrogens is 228 g/mol. The lowest BCUT2D eigenvalue weighted by molar-refractivity contribution is 0.448. The van der Waals surface area contributed by atoms with Crippen molar-refractivity contribution in [2.24, 2.45) is 12.8 Å². The topological polar surface area (TPSA) is 66.0 Å². The van der Waals surface area contributed by atoms with Crippen LogP contribution in [-0.2, 0) is 13.5 Å². The Balaban J connectivity index is 2.34. The maximum Gasteiger partial charge on any atom is 0.222 e. The summed E-state index contributed by atoms with van der Waals surface area (Å²) in [4.78, 5) is 4.27. The molecule has 0 saturated carbocycles. The van der Waals surface area contributed by atoms with Crippen LogP contribution in [0.25, 0.3) is 0 Å². The number of ether oxygens (including phenoxy) is 1. The molecule has 0 unspecified atom stereocenters. The Morgan fingerprint density at radius 2 is 2.17 bits per heavy atom. The second-order valence-corrected chi connectivity index (χ2v) is 4.23. The molecule has 5 heteroatoms. The number of nitrogens with two attached hydrogens (primary N) is 1. The first-order chi connectivity index (χ1) is 8.63. The average Bonchev–Trinajstić information content (AvgIpc) is 2.59. The van der Waals surface area contributed by atoms with Crippen molar-refractivity contribution >= 4 is 0 Å². The van der Waals surface area contributed by atoms with E-state index >= 15 is 0 Å². The zero-order valence-electron chi connectivity index (χ0n) is 11.0. The predicted molar refractivity (Wildman–Crippen MR) is 69.8 cm³/mol. The molecule has 5 nitrogen and oxygen atoms in total. The molecule has 0 aliphatic rings. The fourth-order valence-corrected chi connectivity index (χ4v) is 1.86. The van der Waals surface area contributed by atoms with Gasteiger partial charge in [-0.2, -0.15) is 5.10 Å². The molecule has 0 aliphatic heterocycles. The molecule has 0 aromatic carbocycles. The van der Waals surface area contributed by atoms with Crippen LogP contribution in [0.2, 0.25) is 0 Å². The second-order valence-electron chi connectivity index (χ2n) is 4.23. The van der Waals surface area contributed by atoms with Crippen molar-refractivity contribution in [1.82, 2.24) is 14.8 Å². The van der Waals surface area contributed by atoms with Gasteiger partial charge in [0.1, 0.15) is 5.69 Å². The van der Waals surface area contributed by atoms with Gasteiger partial charge in [-0.25, -0.2) is 4.98 Å². The highest BCUT2D eigenvalue weighted by Gasteiger charge is 2.14. The van der Waals surface area contributed by atoms with Crippen LogP contribution in [0.5, 0.6) is 11.6 Å². The van der Waals surface area contributed by atoms with Gasteiger partial charge in [-0.15, -0.1) is 0 Å². The van der Waals surface area contributed by atoms with Gasteiger partial charge in [0.15, 0.2) is 5.75 Å². The molecule has 0 saturated heterocycles. The summed E-state index contributed by atoms with van der Waals surface area (Å²) in [5, 5.41) is 4.32. The van der Waals surface area contributed by atoms with E-state index in [1.54, 1.807) is 10.9 Å². The summed E-state index contributed by atoms with van der Waals surface area (Å²) in [5.41, 5.74) is 8.45. The Kier molecular flexibility index (Phi) is 3.62. The van der Waals surface area contributed by atoms with E-state index in [-0.39, 0.29) is 0 Å². The molecule has 0 atom stereocenters. The highest BCUT2D eigenvalue weighted by molar-refractivity contribution is 5.37. The average molecular weight is 246 g/mol. The van der Waals surface area contributed by atoms with Crippen LogP contribution < -0.4 is 10.5 Å². The molecule has 96 valence electrons. The minimum atomic E-state index is 0.576. The summed E-state index contributed by atoms with van der Waals surface area (Å²) in [5.74, 6) is 1.39. The van der Waals surface area contributed by atoms with E-state index in [1.807, 2.05) is 33.0 Å². The molecule has 2 heterocycles. The van der Waals surface area contributed by atoms with Gasteiger partial charge >= 0.3 is 0 Å². The molecule has 18 heavy (non-hydrogen) atoms. The third kappa shape index (κ3) is 2.36. The third-order valence-electron chi connectivity index (χ3n) is 2.91. The fraction of sp³-hybridized carbons (Fsp3) is 0.385. The molecule has 0 radical (unpaired) electrons. The van der Waals surface area contributed by atoms with Gasteiger partial charge in [-0.1, -0.05) is 6.07 Å². The second kappa shape index (κ2) is 5.18. The normalized spacial score (nSPS) is 10.7. The Labute approximate surface area is 107 Å². The van der Waals surface area contributed by atoms with E-state index in [2.05, 4.69) is 10.1 Å². The smallest absolute Gasteiger partial charge is 0.222 e. The van der Waals surface area contributed by atoms with Crippen molar-refractivity contribution in [2.75, 3.05) is 6.54 Å². The highest BCUT2D eigenvalue weighted by atomic mass is 16.5. The maximum atomic E-state index is 5.89. The molecule has 0 bridgehead atoms. The van der Waals surface area contributed by atoms with Crippen LogP contribution in [-0.4, -0.2) is 21.3 Å². The van der Waals surface area contributed by atoms with Gasteiger partial charge in [0.25, 0.3) is 0 Å². The van der Waals surface area contributed by atoms with Gasteiger partial charge in [0.2, 0.25) is 5.88 Å². The number of rotatable bonds is 4. The summed E-state index contributed by atoms with van der Waals surface area (Å²) in [7, 11) is 1.90. The van der Waals surface area contributed by atoms with E-state index in [0.717, 1.165) is 29.1 Å². The summed E-state index contributed by atoms with van der Waals surface area (Å²) < 4.78 is 7.70. The number of hydrogen-bond acceptors (Lipinski definition) is 4. The molecular formula is C13H18N4O. The zero-order chi connectivity index (χ0) is 13.1. The number of pyridine rings is 1. The molecule has 2 aromatic rings. The van der Waals surface area contributed by atoms with E-state index in [4.69, 9.17) is 10.5 Å². The van der Waals surface area contributed by atoms with Crippen LogP contribution in [0.3, 0.4) is 0 Å².